The number of nitrogens with zero attached hydrogens (tertiary/aromatic N) is 1. The van der Waals surface area contributed by atoms with Gasteiger partial charge in [-0.2, -0.15) is 0 Å². The van der Waals surface area contributed by atoms with E-state index < -0.39 is 0 Å². The molecule has 1 fully saturated rings. The number of unbranched alkanes of at least 4 members (excludes halogenated alkanes) is 1. The topological polar surface area (TPSA) is 34.0 Å². The van der Waals surface area contributed by atoms with Gasteiger partial charge in [0.25, 0.3) is 5.91 Å². The number of nitrogens with one attached hydrogen (secondary N) is 1. The summed E-state index contributed by atoms with van der Waals surface area (Å²) in [5, 5.41) is 0. The summed E-state index contributed by atoms with van der Waals surface area (Å²) < 4.78 is 5.75. The largest absolute Gasteiger partial charge is 0.494 e. The van der Waals surface area contributed by atoms with Crippen molar-refractivity contribution in [2.75, 3.05) is 31.6 Å². The van der Waals surface area contributed by atoms with E-state index in [1.807, 2.05) is 24.3 Å². The highest BCUT2D eigenvalue weighted by Crippen LogP contribution is 2.43. The molecule has 28 heavy (non-hydrogen) atoms. The normalized spacial score (nSPS) is 23.2. The van der Waals surface area contributed by atoms with Crippen molar-refractivity contribution in [3.63, 3.8) is 0 Å². The third-order valence-corrected chi connectivity index (χ3v) is 6.16. The third-order valence-electron chi connectivity index (χ3n) is 6.16. The molecule has 0 aromatic heterocycles. The monoisotopic (exact) mass is 379 g/mol. The number of aryl methyl sites for hydroxylation is 1. The summed E-state index contributed by atoms with van der Waals surface area (Å²) >= 11 is 0. The molecule has 1 amide bonds. The van der Waals surface area contributed by atoms with Crippen LogP contribution < -0.4 is 14.5 Å². The van der Waals surface area contributed by atoms with Crippen molar-refractivity contribution in [1.82, 2.24) is 0 Å². The summed E-state index contributed by atoms with van der Waals surface area (Å²) in [6, 6.07) is 14.5. The van der Waals surface area contributed by atoms with Crippen LogP contribution in [-0.4, -0.2) is 38.7 Å². The molecule has 2 aromatic rings. The first-order chi connectivity index (χ1) is 13.6. The van der Waals surface area contributed by atoms with Gasteiger partial charge in [-0.25, -0.2) is 0 Å². The average Bonchev–Trinajstić information content (AvgIpc) is 3.01. The Morgan fingerprint density at radius 2 is 2.00 bits per heavy atom. The van der Waals surface area contributed by atoms with Gasteiger partial charge >= 0.3 is 0 Å². The Labute approximate surface area is 168 Å². The van der Waals surface area contributed by atoms with Crippen LogP contribution in [0.4, 0.5) is 5.69 Å². The number of fused-ring (bicyclic) bond motifs is 3. The van der Waals surface area contributed by atoms with Gasteiger partial charge in [0.2, 0.25) is 0 Å². The Hall–Kier alpha value is -2.33. The molecule has 1 unspecified atom stereocenters. The van der Waals surface area contributed by atoms with E-state index in [0.29, 0.717) is 5.92 Å². The van der Waals surface area contributed by atoms with E-state index in [2.05, 4.69) is 44.0 Å². The predicted octanol–water partition coefficient (Wildman–Crippen LogP) is 3.20. The molecule has 0 radical (unpaired) electrons. The van der Waals surface area contributed by atoms with Crippen LogP contribution in [-0.2, 0) is 0 Å². The first-order valence-electron chi connectivity index (χ1n) is 10.6. The number of amides is 1. The van der Waals surface area contributed by atoms with Crippen molar-refractivity contribution in [1.29, 1.82) is 0 Å². The summed E-state index contributed by atoms with van der Waals surface area (Å²) in [6.45, 7) is 7.22. The molecule has 0 spiro atoms. The molecule has 2 aliphatic rings. The van der Waals surface area contributed by atoms with Crippen LogP contribution in [0.1, 0.15) is 53.6 Å². The van der Waals surface area contributed by atoms with Gasteiger partial charge in [-0.3, -0.25) is 4.79 Å². The molecule has 2 aliphatic heterocycles. The van der Waals surface area contributed by atoms with E-state index in [4.69, 9.17) is 4.74 Å². The zero-order valence-electron chi connectivity index (χ0n) is 17.2. The molecular weight excluding hydrogens is 348 g/mol. The maximum Gasteiger partial charge on any atom is 0.258 e. The van der Waals surface area contributed by atoms with E-state index in [-0.39, 0.29) is 11.9 Å². The Bertz CT molecular complexity index is 846. The van der Waals surface area contributed by atoms with Crippen LogP contribution in [0, 0.1) is 6.92 Å². The van der Waals surface area contributed by atoms with Crippen LogP contribution in [0.25, 0.3) is 0 Å². The first-order valence-corrected chi connectivity index (χ1v) is 10.6. The van der Waals surface area contributed by atoms with Gasteiger partial charge in [-0.05, 0) is 49.2 Å². The number of likely N-dealkylation sites (tertiary alicyclic amines) is 1. The van der Waals surface area contributed by atoms with Crippen LogP contribution in [0.5, 0.6) is 5.75 Å². The molecule has 4 nitrogen and oxygen atoms in total. The van der Waals surface area contributed by atoms with Gasteiger partial charge in [-0.15, -0.1) is 0 Å². The quantitative estimate of drug-likeness (QED) is 0.810. The third kappa shape index (κ3) is 3.53. The van der Waals surface area contributed by atoms with Crippen molar-refractivity contribution in [2.24, 2.45) is 0 Å². The van der Waals surface area contributed by atoms with E-state index >= 15 is 0 Å². The second-order valence-corrected chi connectivity index (χ2v) is 8.34. The molecule has 148 valence electrons. The minimum Gasteiger partial charge on any atom is -0.494 e. The highest BCUT2D eigenvalue weighted by Gasteiger charge is 2.45. The lowest BCUT2D eigenvalue weighted by Crippen LogP contribution is -3.11. The van der Waals surface area contributed by atoms with Crippen molar-refractivity contribution in [2.45, 2.75) is 45.1 Å². The van der Waals surface area contributed by atoms with Gasteiger partial charge < -0.3 is 14.5 Å². The maximum atomic E-state index is 13.5. The minimum atomic E-state index is 0.109. The number of anilines is 1. The predicted molar refractivity (Wildman–Crippen MR) is 113 cm³/mol. The van der Waals surface area contributed by atoms with Crippen LogP contribution in [0.15, 0.2) is 42.5 Å². The van der Waals surface area contributed by atoms with Gasteiger partial charge in [0, 0.05) is 17.7 Å². The Morgan fingerprint density at radius 1 is 1.21 bits per heavy atom. The molecule has 0 bridgehead atoms. The van der Waals surface area contributed by atoms with Gasteiger partial charge in [0.15, 0.2) is 0 Å². The second kappa shape index (κ2) is 7.96. The molecule has 4 rings (SSSR count). The molecule has 2 heterocycles. The number of ether oxygens (including phenoxy) is 1. The number of benzene rings is 2. The van der Waals surface area contributed by atoms with Crippen molar-refractivity contribution >= 4 is 11.6 Å². The molecule has 1 saturated heterocycles. The average molecular weight is 380 g/mol. The molecule has 3 atom stereocenters. The summed E-state index contributed by atoms with van der Waals surface area (Å²) in [5.74, 6) is 1.38. The number of piperidine rings is 1. The molecule has 4 heteroatoms. The van der Waals surface area contributed by atoms with Crippen LogP contribution >= 0.6 is 0 Å². The lowest BCUT2D eigenvalue weighted by molar-refractivity contribution is -0.886. The van der Waals surface area contributed by atoms with Crippen molar-refractivity contribution < 1.29 is 14.4 Å². The summed E-state index contributed by atoms with van der Waals surface area (Å²) in [6.07, 6.45) is 3.21. The highest BCUT2D eigenvalue weighted by atomic mass is 16.5. The van der Waals surface area contributed by atoms with Gasteiger partial charge in [-0.1, -0.05) is 31.0 Å². The Kier molecular flexibility index (Phi) is 5.40. The number of quaternary nitrogens is 1. The smallest absolute Gasteiger partial charge is 0.258 e. The fourth-order valence-corrected chi connectivity index (χ4v) is 4.63. The van der Waals surface area contributed by atoms with E-state index in [9.17, 15) is 4.79 Å². The summed E-state index contributed by atoms with van der Waals surface area (Å²) in [5.41, 5.74) is 4.45. The SMILES string of the molecule is CCCCOc1ccc(C(=O)N2c3ccc(C)cc3[C@@H]3C[NH+](C)CC[C@H]32)cc1. The zero-order valence-corrected chi connectivity index (χ0v) is 17.2. The van der Waals surface area contributed by atoms with E-state index in [1.54, 1.807) is 4.90 Å². The highest BCUT2D eigenvalue weighted by molar-refractivity contribution is 6.08. The Balaban J connectivity index is 1.60. The second-order valence-electron chi connectivity index (χ2n) is 8.34. The number of hydrogen-bond acceptors (Lipinski definition) is 2. The fourth-order valence-electron chi connectivity index (χ4n) is 4.63. The van der Waals surface area contributed by atoms with Gasteiger partial charge in [0.05, 0.1) is 38.7 Å². The summed E-state index contributed by atoms with van der Waals surface area (Å²) in [4.78, 5) is 17.1. The zero-order chi connectivity index (χ0) is 19.7. The van der Waals surface area contributed by atoms with Crippen molar-refractivity contribution in [3.05, 3.63) is 59.2 Å². The molecular formula is C24H31N2O2+. The van der Waals surface area contributed by atoms with Crippen LogP contribution in [0.3, 0.4) is 0 Å². The number of hydrogen-bond donors (Lipinski definition) is 1. The molecule has 1 N–H and O–H groups in total. The molecule has 0 saturated carbocycles. The minimum absolute atomic E-state index is 0.109. The lowest BCUT2D eigenvalue weighted by Gasteiger charge is -2.34. The number of rotatable bonds is 5. The fraction of sp³-hybridized carbons (Fsp3) is 0.458. The van der Waals surface area contributed by atoms with Crippen LogP contribution in [0.2, 0.25) is 0 Å². The van der Waals surface area contributed by atoms with E-state index in [0.717, 1.165) is 56.0 Å². The number of likely N-dealkylation sites (N-methyl/N-ethyl adjacent to an activating group) is 1. The standard InChI is InChI=1S/C24H30N2O2/c1-4-5-14-28-19-9-7-18(8-10-19)24(27)26-22-11-6-17(2)15-20(22)21-16-25(3)13-12-23(21)26/h6-11,15,21,23H,4-5,12-14,16H2,1-3H3/p+1/t21-,23+/m0/s1. The Morgan fingerprint density at radius 3 is 2.75 bits per heavy atom. The number of carbonyl (C=O) groups is 1. The van der Waals surface area contributed by atoms with E-state index in [1.165, 1.54) is 11.1 Å². The number of carbonyl (C=O) groups excluding carboxylic acids is 1. The summed E-state index contributed by atoms with van der Waals surface area (Å²) in [7, 11) is 2.26. The van der Waals surface area contributed by atoms with Gasteiger partial charge in [0.1, 0.15) is 5.75 Å². The maximum absolute atomic E-state index is 13.5. The lowest BCUT2D eigenvalue weighted by atomic mass is 9.88. The molecule has 0 aliphatic carbocycles. The molecule has 2 aromatic carbocycles. The first kappa shape index (κ1) is 19.0. The van der Waals surface area contributed by atoms with Crippen molar-refractivity contribution in [3.8, 4) is 5.75 Å².